The Kier molecular flexibility index (Phi) is 7.96. The molecule has 0 saturated carbocycles. The standard InChI is InChI=1S/C33H38N2O4/c1-21(2)26-12-8-13-27(22(3)4)31(26)39-20-24-18-23(15-16-30(24)37-5)32-34-29-14-7-6-11-28(29)33(36)35(32)19-25-10-9-17-38-25/h6-18,21-22,32-34,36H,19-20H2,1-5H3. The van der Waals surface area contributed by atoms with Crippen LogP contribution in [0, 0.1) is 0 Å². The number of methoxy groups -OCH3 is 1. The molecule has 1 aromatic heterocycles. The number of para-hydroxylation sites is 2. The molecule has 3 aromatic carbocycles. The molecule has 0 bridgehead atoms. The Labute approximate surface area is 231 Å². The minimum Gasteiger partial charge on any atom is -0.496 e. The van der Waals surface area contributed by atoms with Crippen LogP contribution in [-0.2, 0) is 13.2 Å². The molecule has 6 heteroatoms. The number of benzene rings is 3. The van der Waals surface area contributed by atoms with Gasteiger partial charge in [0.2, 0.25) is 0 Å². The summed E-state index contributed by atoms with van der Waals surface area (Å²) < 4.78 is 18.0. The van der Waals surface area contributed by atoms with Crippen LogP contribution in [-0.4, -0.2) is 17.1 Å². The van der Waals surface area contributed by atoms with Crippen LogP contribution in [0.5, 0.6) is 11.5 Å². The van der Waals surface area contributed by atoms with Gasteiger partial charge in [-0.05, 0) is 58.9 Å². The summed E-state index contributed by atoms with van der Waals surface area (Å²) in [6, 6.07) is 24.2. The molecule has 4 aromatic rings. The molecule has 204 valence electrons. The summed E-state index contributed by atoms with van der Waals surface area (Å²) in [5, 5.41) is 15.1. The summed E-state index contributed by atoms with van der Waals surface area (Å²) in [4.78, 5) is 2.00. The van der Waals surface area contributed by atoms with Crippen LogP contribution in [0.25, 0.3) is 0 Å². The number of nitrogens with one attached hydrogen (secondary N) is 1. The zero-order valence-electron chi connectivity index (χ0n) is 23.3. The molecule has 0 amide bonds. The van der Waals surface area contributed by atoms with E-state index < -0.39 is 6.23 Å². The Morgan fingerprint density at radius 3 is 2.33 bits per heavy atom. The molecule has 2 N–H and O–H groups in total. The molecule has 0 radical (unpaired) electrons. The van der Waals surface area contributed by atoms with Gasteiger partial charge >= 0.3 is 0 Å². The van der Waals surface area contributed by atoms with E-state index in [0.717, 1.165) is 39.6 Å². The number of nitrogens with zero attached hydrogens (tertiary/aromatic N) is 1. The van der Waals surface area contributed by atoms with Crippen LogP contribution < -0.4 is 14.8 Å². The minimum atomic E-state index is -0.800. The van der Waals surface area contributed by atoms with Gasteiger partial charge in [0, 0.05) is 16.8 Å². The van der Waals surface area contributed by atoms with Crippen molar-refractivity contribution in [2.24, 2.45) is 0 Å². The number of anilines is 1. The average Bonchev–Trinajstić information content (AvgIpc) is 3.46. The zero-order valence-corrected chi connectivity index (χ0v) is 23.3. The molecular formula is C33H38N2O4. The van der Waals surface area contributed by atoms with E-state index in [9.17, 15) is 5.11 Å². The highest BCUT2D eigenvalue weighted by molar-refractivity contribution is 5.56. The smallest absolute Gasteiger partial charge is 0.137 e. The fraction of sp³-hybridized carbons (Fsp3) is 0.333. The van der Waals surface area contributed by atoms with Gasteiger partial charge in [-0.2, -0.15) is 0 Å². The first-order valence-electron chi connectivity index (χ1n) is 13.6. The highest BCUT2D eigenvalue weighted by Crippen LogP contribution is 2.41. The van der Waals surface area contributed by atoms with Gasteiger partial charge < -0.3 is 24.3 Å². The van der Waals surface area contributed by atoms with Crippen molar-refractivity contribution in [3.8, 4) is 11.5 Å². The van der Waals surface area contributed by atoms with Crippen molar-refractivity contribution in [2.45, 2.75) is 65.1 Å². The largest absolute Gasteiger partial charge is 0.496 e. The lowest BCUT2D eigenvalue weighted by Gasteiger charge is -2.41. The summed E-state index contributed by atoms with van der Waals surface area (Å²) in [6.07, 6.45) is 0.565. The van der Waals surface area contributed by atoms with Crippen molar-refractivity contribution in [2.75, 3.05) is 12.4 Å². The highest BCUT2D eigenvalue weighted by Gasteiger charge is 2.34. The summed E-state index contributed by atoms with van der Waals surface area (Å²) in [5.74, 6) is 3.18. The van der Waals surface area contributed by atoms with Crippen molar-refractivity contribution in [3.63, 3.8) is 0 Å². The maximum atomic E-state index is 11.4. The van der Waals surface area contributed by atoms with Gasteiger partial charge in [0.15, 0.2) is 0 Å². The average molecular weight is 527 g/mol. The first-order valence-corrected chi connectivity index (χ1v) is 13.6. The van der Waals surface area contributed by atoms with E-state index >= 15 is 0 Å². The molecule has 0 spiro atoms. The Bertz CT molecular complexity index is 1370. The quantitative estimate of drug-likeness (QED) is 0.233. The topological polar surface area (TPSA) is 67.1 Å². The molecule has 39 heavy (non-hydrogen) atoms. The van der Waals surface area contributed by atoms with E-state index in [-0.39, 0.29) is 6.17 Å². The van der Waals surface area contributed by atoms with Crippen LogP contribution in [0.15, 0.2) is 83.5 Å². The zero-order chi connectivity index (χ0) is 27.5. The summed E-state index contributed by atoms with van der Waals surface area (Å²) in [6.45, 7) is 9.58. The Morgan fingerprint density at radius 1 is 0.923 bits per heavy atom. The molecule has 5 rings (SSSR count). The third-order valence-electron chi connectivity index (χ3n) is 7.41. The van der Waals surface area contributed by atoms with E-state index in [4.69, 9.17) is 13.9 Å². The lowest BCUT2D eigenvalue weighted by atomic mass is 9.94. The number of ether oxygens (including phenoxy) is 2. The number of rotatable bonds is 9. The molecule has 0 fully saturated rings. The van der Waals surface area contributed by atoms with Crippen LogP contribution in [0.3, 0.4) is 0 Å². The summed E-state index contributed by atoms with van der Waals surface area (Å²) in [5.41, 5.74) is 6.09. The van der Waals surface area contributed by atoms with Crippen molar-refractivity contribution in [1.29, 1.82) is 0 Å². The van der Waals surface area contributed by atoms with Crippen molar-refractivity contribution in [1.82, 2.24) is 4.90 Å². The lowest BCUT2D eigenvalue weighted by Crippen LogP contribution is -2.40. The Balaban J connectivity index is 1.50. The molecule has 6 nitrogen and oxygen atoms in total. The van der Waals surface area contributed by atoms with Crippen molar-refractivity contribution < 1.29 is 19.0 Å². The molecule has 2 unspecified atom stereocenters. The number of fused-ring (bicyclic) bond motifs is 1. The van der Waals surface area contributed by atoms with E-state index in [1.165, 1.54) is 11.1 Å². The van der Waals surface area contributed by atoms with E-state index in [1.54, 1.807) is 13.4 Å². The van der Waals surface area contributed by atoms with Crippen molar-refractivity contribution in [3.05, 3.63) is 113 Å². The predicted octanol–water partition coefficient (Wildman–Crippen LogP) is 7.73. The SMILES string of the molecule is COc1ccc(C2Nc3ccccc3C(O)N2Cc2ccco2)cc1COc1c(C(C)C)cccc1C(C)C. The maximum Gasteiger partial charge on any atom is 0.137 e. The van der Waals surface area contributed by atoms with Gasteiger partial charge in [0.25, 0.3) is 0 Å². The van der Waals surface area contributed by atoms with Crippen LogP contribution in [0.4, 0.5) is 5.69 Å². The monoisotopic (exact) mass is 526 g/mol. The molecule has 0 saturated heterocycles. The van der Waals surface area contributed by atoms with Crippen LogP contribution in [0.2, 0.25) is 0 Å². The van der Waals surface area contributed by atoms with Gasteiger partial charge in [0.1, 0.15) is 36.3 Å². The molecule has 1 aliphatic heterocycles. The van der Waals surface area contributed by atoms with E-state index in [2.05, 4.69) is 57.3 Å². The maximum absolute atomic E-state index is 11.4. The normalized spacial score (nSPS) is 17.2. The Morgan fingerprint density at radius 2 is 1.67 bits per heavy atom. The highest BCUT2D eigenvalue weighted by atomic mass is 16.5. The van der Waals surface area contributed by atoms with Crippen LogP contribution >= 0.6 is 0 Å². The van der Waals surface area contributed by atoms with Gasteiger partial charge in [0.05, 0.1) is 19.9 Å². The number of furan rings is 1. The molecular weight excluding hydrogens is 488 g/mol. The van der Waals surface area contributed by atoms with Crippen LogP contribution in [0.1, 0.15) is 85.5 Å². The fourth-order valence-corrected chi connectivity index (χ4v) is 5.32. The second kappa shape index (κ2) is 11.6. The third-order valence-corrected chi connectivity index (χ3v) is 7.41. The fourth-order valence-electron chi connectivity index (χ4n) is 5.32. The number of aliphatic hydroxyl groups excluding tert-OH is 1. The molecule has 1 aliphatic rings. The number of hydrogen-bond donors (Lipinski definition) is 2. The predicted molar refractivity (Wildman–Crippen MR) is 154 cm³/mol. The van der Waals surface area contributed by atoms with Gasteiger partial charge in [-0.15, -0.1) is 0 Å². The Hall–Kier alpha value is -3.74. The van der Waals surface area contributed by atoms with E-state index in [0.29, 0.717) is 25.0 Å². The van der Waals surface area contributed by atoms with Gasteiger partial charge in [-0.25, -0.2) is 4.90 Å². The molecule has 0 aliphatic carbocycles. The summed E-state index contributed by atoms with van der Waals surface area (Å²) >= 11 is 0. The summed E-state index contributed by atoms with van der Waals surface area (Å²) in [7, 11) is 1.68. The van der Waals surface area contributed by atoms with Crippen molar-refractivity contribution >= 4 is 5.69 Å². The second-order valence-corrected chi connectivity index (χ2v) is 10.7. The first-order chi connectivity index (χ1) is 18.9. The lowest BCUT2D eigenvalue weighted by molar-refractivity contribution is -0.0377. The first kappa shape index (κ1) is 26.9. The van der Waals surface area contributed by atoms with Gasteiger partial charge in [-0.3, -0.25) is 0 Å². The number of aliphatic hydroxyl groups is 1. The molecule has 2 heterocycles. The number of hydrogen-bond acceptors (Lipinski definition) is 6. The minimum absolute atomic E-state index is 0.293. The molecule has 2 atom stereocenters. The van der Waals surface area contributed by atoms with Gasteiger partial charge in [-0.1, -0.05) is 70.2 Å². The van der Waals surface area contributed by atoms with E-state index in [1.807, 2.05) is 53.4 Å². The second-order valence-electron chi connectivity index (χ2n) is 10.7. The third kappa shape index (κ3) is 5.54.